The van der Waals surface area contributed by atoms with E-state index in [1.807, 2.05) is 35.3 Å². The molecule has 4 heterocycles. The van der Waals surface area contributed by atoms with Crippen molar-refractivity contribution in [1.29, 1.82) is 0 Å². The number of aromatic nitrogens is 3. The Hall–Kier alpha value is -3.83. The number of amides is 1. The first-order valence-corrected chi connectivity index (χ1v) is 15.1. The zero-order valence-electron chi connectivity index (χ0n) is 23.4. The van der Waals surface area contributed by atoms with Crippen LogP contribution in [0.3, 0.4) is 0 Å². The fourth-order valence-electron chi connectivity index (χ4n) is 5.77. The molecule has 9 nitrogen and oxygen atoms in total. The van der Waals surface area contributed by atoms with Crippen LogP contribution in [0.2, 0.25) is 0 Å². The maximum atomic E-state index is 14.0. The molecule has 2 aliphatic rings. The Kier molecular flexibility index (Phi) is 8.21. The van der Waals surface area contributed by atoms with Crippen LogP contribution in [0.25, 0.3) is 33.4 Å². The number of carboxylic acids is 1. The van der Waals surface area contributed by atoms with Gasteiger partial charge in [0.25, 0.3) is 0 Å². The number of anilines is 1. The lowest BCUT2D eigenvalue weighted by atomic mass is 9.86. The molecule has 1 atom stereocenters. The summed E-state index contributed by atoms with van der Waals surface area (Å²) < 4.78 is 25.7. The number of pyridine rings is 1. The number of carbonyl (C=O) groups is 2. The number of rotatable bonds is 11. The van der Waals surface area contributed by atoms with E-state index in [9.17, 15) is 19.1 Å². The molecule has 1 amide bonds. The molecule has 1 saturated carbocycles. The number of ether oxygens (including phenoxy) is 2. The van der Waals surface area contributed by atoms with Gasteiger partial charge in [-0.3, -0.25) is 14.5 Å². The number of thiazole rings is 1. The summed E-state index contributed by atoms with van der Waals surface area (Å²) in [5.41, 5.74) is 3.94. The highest BCUT2D eigenvalue weighted by atomic mass is 32.1. The zero-order valence-corrected chi connectivity index (χ0v) is 24.2. The Morgan fingerprint density at radius 3 is 2.74 bits per heavy atom. The maximum Gasteiger partial charge on any atom is 0.304 e. The number of carboxylic acid groups (broad SMARTS) is 1. The minimum Gasteiger partial charge on any atom is -0.481 e. The number of fused-ring (bicyclic) bond motifs is 1. The maximum absolute atomic E-state index is 14.0. The molecule has 1 saturated heterocycles. The lowest BCUT2D eigenvalue weighted by Gasteiger charge is -2.29. The first-order chi connectivity index (χ1) is 20.4. The van der Waals surface area contributed by atoms with Crippen molar-refractivity contribution in [2.45, 2.75) is 44.6 Å². The molecule has 0 unspecified atom stereocenters. The van der Waals surface area contributed by atoms with Gasteiger partial charge < -0.3 is 19.1 Å². The number of halogens is 1. The van der Waals surface area contributed by atoms with E-state index in [1.165, 1.54) is 11.3 Å². The van der Waals surface area contributed by atoms with Crippen molar-refractivity contribution in [2.24, 2.45) is 18.9 Å². The molecular weight excluding hydrogens is 559 g/mol. The summed E-state index contributed by atoms with van der Waals surface area (Å²) in [5.74, 6) is -1.15. The highest BCUT2D eigenvalue weighted by Crippen LogP contribution is 2.41. The van der Waals surface area contributed by atoms with Crippen molar-refractivity contribution >= 4 is 39.4 Å². The van der Waals surface area contributed by atoms with E-state index in [0.29, 0.717) is 36.2 Å². The number of hydrogen-bond donors (Lipinski definition) is 1. The molecule has 1 aliphatic heterocycles. The van der Waals surface area contributed by atoms with Gasteiger partial charge in [0.15, 0.2) is 5.13 Å². The van der Waals surface area contributed by atoms with Crippen molar-refractivity contribution < 1.29 is 28.6 Å². The zero-order chi connectivity index (χ0) is 29.2. The fraction of sp³-hybridized carbons (Fsp3) is 0.419. The van der Waals surface area contributed by atoms with Crippen LogP contribution in [0.15, 0.2) is 48.1 Å². The van der Waals surface area contributed by atoms with Crippen LogP contribution in [0.4, 0.5) is 9.52 Å². The third-order valence-electron chi connectivity index (χ3n) is 8.08. The molecule has 2 fully saturated rings. The Morgan fingerprint density at radius 1 is 1.19 bits per heavy atom. The molecule has 3 aromatic heterocycles. The number of aliphatic carboxylic acids is 1. The minimum atomic E-state index is -0.978. The van der Waals surface area contributed by atoms with Crippen molar-refractivity contribution in [3.63, 3.8) is 0 Å². The second kappa shape index (κ2) is 12.2. The lowest BCUT2D eigenvalue weighted by Crippen LogP contribution is -2.40. The number of hydrogen-bond acceptors (Lipinski definition) is 7. The average molecular weight is 593 g/mol. The van der Waals surface area contributed by atoms with Crippen molar-refractivity contribution in [3.8, 4) is 28.1 Å². The first-order valence-electron chi connectivity index (χ1n) is 14.2. The van der Waals surface area contributed by atoms with E-state index in [-0.39, 0.29) is 24.3 Å². The van der Waals surface area contributed by atoms with Crippen LogP contribution in [0.1, 0.15) is 38.5 Å². The molecule has 220 valence electrons. The van der Waals surface area contributed by atoms with Crippen LogP contribution >= 0.6 is 11.3 Å². The summed E-state index contributed by atoms with van der Waals surface area (Å²) in [7, 11) is 1.94. The molecule has 11 heteroatoms. The topological polar surface area (TPSA) is 107 Å². The van der Waals surface area contributed by atoms with Gasteiger partial charge in [-0.15, -0.1) is 11.3 Å². The molecular formula is C31H33FN4O5S. The Morgan fingerprint density at radius 2 is 2.00 bits per heavy atom. The summed E-state index contributed by atoms with van der Waals surface area (Å²) in [6.45, 7) is 0.322. The van der Waals surface area contributed by atoms with Gasteiger partial charge in [0.2, 0.25) is 12.8 Å². The summed E-state index contributed by atoms with van der Waals surface area (Å²) >= 11 is 1.35. The number of aryl methyl sites for hydroxylation is 1. The predicted octanol–water partition coefficient (Wildman–Crippen LogP) is 6.07. The average Bonchev–Trinajstić information content (AvgIpc) is 3.58. The van der Waals surface area contributed by atoms with Crippen molar-refractivity contribution in [2.75, 3.05) is 25.0 Å². The van der Waals surface area contributed by atoms with Gasteiger partial charge in [-0.2, -0.15) is 0 Å². The number of benzene rings is 1. The van der Waals surface area contributed by atoms with E-state index < -0.39 is 18.7 Å². The summed E-state index contributed by atoms with van der Waals surface area (Å²) in [6, 6.07) is 9.40. The summed E-state index contributed by atoms with van der Waals surface area (Å²) in [4.78, 5) is 37.0. The SMILES string of the molecule is Cn1ccc2cc(-c3ccc(OCF)cc3-c3csc(N(C(=O)[C@@H](CC(=O)O)CC4CCOCC4)C4CC4)n3)cnc21. The molecule has 6 rings (SSSR count). The summed E-state index contributed by atoms with van der Waals surface area (Å²) in [6.07, 6.45) is 7.44. The number of carbonyl (C=O) groups excluding carboxylic acids is 1. The number of nitrogens with zero attached hydrogens (tertiary/aromatic N) is 4. The monoisotopic (exact) mass is 592 g/mol. The van der Waals surface area contributed by atoms with Crippen LogP contribution in [-0.2, 0) is 21.4 Å². The molecule has 1 N–H and O–H groups in total. The van der Waals surface area contributed by atoms with Gasteiger partial charge >= 0.3 is 5.97 Å². The molecule has 0 radical (unpaired) electrons. The molecule has 0 bridgehead atoms. The highest BCUT2D eigenvalue weighted by Gasteiger charge is 2.40. The lowest BCUT2D eigenvalue weighted by molar-refractivity contribution is -0.141. The van der Waals surface area contributed by atoms with E-state index in [0.717, 1.165) is 53.4 Å². The standard InChI is InChI=1S/C31H33FN4O5S/c1-35-9-6-20-13-22(16-33-29(20)35)25-5-4-24(41-18-32)15-26(25)27-17-42-31(34-27)36(23-2-3-23)30(39)21(14-28(37)38)12-19-7-10-40-11-8-19/h4-6,9,13,15-17,19,21,23H,2-3,7-8,10-12,14,18H2,1H3,(H,37,38)/t21-/m1/s1. The predicted molar refractivity (Wildman–Crippen MR) is 158 cm³/mol. The fourth-order valence-corrected chi connectivity index (χ4v) is 6.67. The van der Waals surface area contributed by atoms with E-state index in [4.69, 9.17) is 14.5 Å². The van der Waals surface area contributed by atoms with Gasteiger partial charge in [-0.1, -0.05) is 0 Å². The molecule has 0 spiro atoms. The third kappa shape index (κ3) is 6.03. The second-order valence-corrected chi connectivity index (χ2v) is 11.9. The van der Waals surface area contributed by atoms with Gasteiger partial charge in [-0.25, -0.2) is 14.4 Å². The molecule has 4 aromatic rings. The van der Waals surface area contributed by atoms with Gasteiger partial charge in [0, 0.05) is 66.5 Å². The van der Waals surface area contributed by atoms with Crippen LogP contribution in [0, 0.1) is 11.8 Å². The van der Waals surface area contributed by atoms with Crippen LogP contribution in [0.5, 0.6) is 5.75 Å². The molecule has 42 heavy (non-hydrogen) atoms. The molecule has 1 aromatic carbocycles. The second-order valence-electron chi connectivity index (χ2n) is 11.1. The summed E-state index contributed by atoms with van der Waals surface area (Å²) in [5, 5.41) is 13.1. The Bertz CT molecular complexity index is 1590. The van der Waals surface area contributed by atoms with Gasteiger partial charge in [0.05, 0.1) is 12.1 Å². The van der Waals surface area contributed by atoms with Crippen molar-refractivity contribution in [1.82, 2.24) is 14.5 Å². The first kappa shape index (κ1) is 28.3. The molecule has 1 aliphatic carbocycles. The van der Waals surface area contributed by atoms with Crippen LogP contribution < -0.4 is 9.64 Å². The van der Waals surface area contributed by atoms with E-state index in [1.54, 1.807) is 23.2 Å². The highest BCUT2D eigenvalue weighted by molar-refractivity contribution is 7.14. The van der Waals surface area contributed by atoms with Crippen LogP contribution in [-0.4, -0.2) is 57.6 Å². The van der Waals surface area contributed by atoms with E-state index >= 15 is 0 Å². The van der Waals surface area contributed by atoms with Gasteiger partial charge in [0.1, 0.15) is 11.4 Å². The third-order valence-corrected chi connectivity index (χ3v) is 8.92. The largest absolute Gasteiger partial charge is 0.481 e. The Balaban J connectivity index is 1.34. The van der Waals surface area contributed by atoms with E-state index in [2.05, 4.69) is 11.1 Å². The normalized spacial score (nSPS) is 16.4. The van der Waals surface area contributed by atoms with Crippen molar-refractivity contribution in [3.05, 3.63) is 48.1 Å². The smallest absolute Gasteiger partial charge is 0.304 e. The Labute approximate surface area is 246 Å². The quantitative estimate of drug-likeness (QED) is 0.225. The minimum absolute atomic E-state index is 0.00727. The number of alkyl halides is 1. The van der Waals surface area contributed by atoms with Gasteiger partial charge in [-0.05, 0) is 73.9 Å².